The van der Waals surface area contributed by atoms with Gasteiger partial charge in [-0.1, -0.05) is 13.0 Å². The summed E-state index contributed by atoms with van der Waals surface area (Å²) in [6.45, 7) is 5.98. The molecule has 0 spiro atoms. The third kappa shape index (κ3) is 4.07. The summed E-state index contributed by atoms with van der Waals surface area (Å²) in [6.07, 6.45) is 3.35. The van der Waals surface area contributed by atoms with Crippen LogP contribution in [0.25, 0.3) is 0 Å². The number of carbonyl (C=O) groups is 1. The lowest BCUT2D eigenvalue weighted by atomic mass is 9.96. The zero-order chi connectivity index (χ0) is 17.9. The van der Waals surface area contributed by atoms with E-state index < -0.39 is 16.1 Å². The van der Waals surface area contributed by atoms with Crippen molar-refractivity contribution in [3.8, 4) is 0 Å². The maximum atomic E-state index is 13.0. The van der Waals surface area contributed by atoms with E-state index in [1.807, 2.05) is 4.90 Å². The number of thiophene rings is 1. The maximum Gasteiger partial charge on any atom is 0.253 e. The Balaban J connectivity index is 1.64. The van der Waals surface area contributed by atoms with E-state index in [0.717, 1.165) is 45.4 Å². The zero-order valence-corrected chi connectivity index (χ0v) is 16.3. The fraction of sp³-hybridized carbons (Fsp3) is 0.706. The second kappa shape index (κ2) is 8.16. The molecule has 0 saturated carbocycles. The first-order valence-corrected chi connectivity index (χ1v) is 11.4. The fourth-order valence-electron chi connectivity index (χ4n) is 3.72. The van der Waals surface area contributed by atoms with E-state index >= 15 is 0 Å². The molecule has 1 unspecified atom stereocenters. The highest BCUT2D eigenvalue weighted by Crippen LogP contribution is 2.30. The molecule has 2 aliphatic rings. The van der Waals surface area contributed by atoms with Gasteiger partial charge in [0.1, 0.15) is 10.3 Å². The van der Waals surface area contributed by atoms with Crippen LogP contribution in [0.4, 0.5) is 0 Å². The highest BCUT2D eigenvalue weighted by atomic mass is 32.2. The normalized spacial score (nSPS) is 23.2. The Morgan fingerprint density at radius 2 is 2.04 bits per heavy atom. The number of nitrogens with one attached hydrogen (secondary N) is 1. The van der Waals surface area contributed by atoms with Crippen LogP contribution in [0, 0.1) is 5.92 Å². The molecule has 1 amide bonds. The van der Waals surface area contributed by atoms with Gasteiger partial charge in [0.15, 0.2) is 0 Å². The first-order chi connectivity index (χ1) is 12.0. The molecule has 0 bridgehead atoms. The van der Waals surface area contributed by atoms with Gasteiger partial charge >= 0.3 is 0 Å². The summed E-state index contributed by atoms with van der Waals surface area (Å²) in [5.74, 6) is 0.595. The lowest BCUT2D eigenvalue weighted by molar-refractivity contribution is -0.136. The summed E-state index contributed by atoms with van der Waals surface area (Å²) in [4.78, 5) is 14.8. The second-order valence-electron chi connectivity index (χ2n) is 6.78. The molecule has 1 aromatic rings. The quantitative estimate of drug-likeness (QED) is 0.810. The van der Waals surface area contributed by atoms with E-state index in [2.05, 4.69) is 12.2 Å². The summed E-state index contributed by atoms with van der Waals surface area (Å²) in [5, 5.41) is 5.13. The standard InChI is InChI=1S/C17H27N3O3S2/c1-2-18-13-14-7-10-19(11-8-14)17(21)15-5-3-9-20(15)25(22,23)16-6-4-12-24-16/h4,6,12,14-15,18H,2-3,5,7-11,13H2,1H3. The number of nitrogens with zero attached hydrogens (tertiary/aromatic N) is 2. The zero-order valence-electron chi connectivity index (χ0n) is 14.7. The number of likely N-dealkylation sites (tertiary alicyclic amines) is 1. The molecule has 1 aromatic heterocycles. The Bertz CT molecular complexity index is 667. The molecule has 140 valence electrons. The first kappa shape index (κ1) is 18.8. The average molecular weight is 386 g/mol. The minimum atomic E-state index is -3.56. The lowest BCUT2D eigenvalue weighted by Crippen LogP contribution is -2.50. The smallest absolute Gasteiger partial charge is 0.253 e. The van der Waals surface area contributed by atoms with Gasteiger partial charge in [0.05, 0.1) is 0 Å². The summed E-state index contributed by atoms with van der Waals surface area (Å²) < 4.78 is 27.4. The molecule has 6 nitrogen and oxygen atoms in total. The molecule has 1 atom stereocenters. The largest absolute Gasteiger partial charge is 0.341 e. The number of carbonyl (C=O) groups excluding carboxylic acids is 1. The topological polar surface area (TPSA) is 69.7 Å². The minimum absolute atomic E-state index is 0.0143. The molecule has 8 heteroatoms. The van der Waals surface area contributed by atoms with Gasteiger partial charge in [-0.05, 0) is 56.1 Å². The van der Waals surface area contributed by atoms with Gasteiger partial charge in [0.25, 0.3) is 10.0 Å². The van der Waals surface area contributed by atoms with Gasteiger partial charge < -0.3 is 10.2 Å². The molecule has 3 heterocycles. The molecule has 0 aliphatic carbocycles. The molecule has 3 rings (SSSR count). The molecule has 25 heavy (non-hydrogen) atoms. The monoisotopic (exact) mass is 385 g/mol. The van der Waals surface area contributed by atoms with E-state index in [-0.39, 0.29) is 5.91 Å². The Hall–Kier alpha value is -0.960. The van der Waals surface area contributed by atoms with Crippen molar-refractivity contribution in [2.45, 2.75) is 42.9 Å². The Kier molecular flexibility index (Phi) is 6.14. The Morgan fingerprint density at radius 3 is 2.68 bits per heavy atom. The van der Waals surface area contributed by atoms with Crippen molar-refractivity contribution in [1.82, 2.24) is 14.5 Å². The van der Waals surface area contributed by atoms with Crippen molar-refractivity contribution in [3.05, 3.63) is 17.5 Å². The van der Waals surface area contributed by atoms with Gasteiger partial charge in [-0.15, -0.1) is 11.3 Å². The molecular formula is C17H27N3O3S2. The summed E-state index contributed by atoms with van der Waals surface area (Å²) in [5.41, 5.74) is 0. The van der Waals surface area contributed by atoms with Crippen LogP contribution in [0.15, 0.2) is 21.7 Å². The highest BCUT2D eigenvalue weighted by Gasteiger charge is 2.42. The summed E-state index contributed by atoms with van der Waals surface area (Å²) in [7, 11) is -3.56. The van der Waals surface area contributed by atoms with E-state index in [1.54, 1.807) is 17.5 Å². The van der Waals surface area contributed by atoms with Crippen molar-refractivity contribution in [3.63, 3.8) is 0 Å². The van der Waals surface area contributed by atoms with Crippen molar-refractivity contribution in [2.75, 3.05) is 32.7 Å². The van der Waals surface area contributed by atoms with Crippen LogP contribution < -0.4 is 5.32 Å². The molecular weight excluding hydrogens is 358 g/mol. The number of hydrogen-bond donors (Lipinski definition) is 1. The van der Waals surface area contributed by atoms with Gasteiger partial charge in [0.2, 0.25) is 5.91 Å². The molecule has 0 aromatic carbocycles. The minimum Gasteiger partial charge on any atom is -0.341 e. The Labute approximate surface area is 154 Å². The van der Waals surface area contributed by atoms with Gasteiger partial charge in [-0.2, -0.15) is 4.31 Å². The van der Waals surface area contributed by atoms with Gasteiger partial charge in [-0.25, -0.2) is 8.42 Å². The average Bonchev–Trinajstić information content (AvgIpc) is 3.31. The van der Waals surface area contributed by atoms with Crippen molar-refractivity contribution in [1.29, 1.82) is 0 Å². The summed E-state index contributed by atoms with van der Waals surface area (Å²) in [6, 6.07) is 2.82. The van der Waals surface area contributed by atoms with Gasteiger partial charge in [-0.3, -0.25) is 4.79 Å². The second-order valence-corrected chi connectivity index (χ2v) is 9.85. The number of sulfonamides is 1. The third-order valence-corrected chi connectivity index (χ3v) is 8.44. The van der Waals surface area contributed by atoms with Crippen LogP contribution in [0.5, 0.6) is 0 Å². The van der Waals surface area contributed by atoms with Crippen LogP contribution in [0.3, 0.4) is 0 Å². The van der Waals surface area contributed by atoms with Crippen LogP contribution in [-0.4, -0.2) is 62.3 Å². The van der Waals surface area contributed by atoms with E-state index in [0.29, 0.717) is 23.1 Å². The van der Waals surface area contributed by atoms with Crippen LogP contribution in [-0.2, 0) is 14.8 Å². The molecule has 2 aliphatic heterocycles. The number of amides is 1. The fourth-order valence-corrected chi connectivity index (χ4v) is 6.49. The van der Waals surface area contributed by atoms with Crippen molar-refractivity contribution in [2.24, 2.45) is 5.92 Å². The van der Waals surface area contributed by atoms with Crippen molar-refractivity contribution < 1.29 is 13.2 Å². The van der Waals surface area contributed by atoms with Crippen LogP contribution >= 0.6 is 11.3 Å². The molecule has 2 fully saturated rings. The van der Waals surface area contributed by atoms with Crippen molar-refractivity contribution >= 4 is 27.3 Å². The summed E-state index contributed by atoms with van der Waals surface area (Å²) >= 11 is 1.21. The molecule has 1 N–H and O–H groups in total. The highest BCUT2D eigenvalue weighted by molar-refractivity contribution is 7.91. The van der Waals surface area contributed by atoms with E-state index in [4.69, 9.17) is 0 Å². The van der Waals surface area contributed by atoms with Gasteiger partial charge in [0, 0.05) is 19.6 Å². The predicted octanol–water partition coefficient (Wildman–Crippen LogP) is 1.75. The predicted molar refractivity (Wildman–Crippen MR) is 99.1 cm³/mol. The Morgan fingerprint density at radius 1 is 1.28 bits per heavy atom. The number of rotatable bonds is 6. The molecule has 0 radical (unpaired) electrons. The SMILES string of the molecule is CCNCC1CCN(C(=O)C2CCCN2S(=O)(=O)c2cccs2)CC1. The number of hydrogen-bond acceptors (Lipinski definition) is 5. The van der Waals surface area contributed by atoms with E-state index in [1.165, 1.54) is 15.6 Å². The van der Waals surface area contributed by atoms with Crippen LogP contribution in [0.2, 0.25) is 0 Å². The number of piperidine rings is 1. The molecule has 2 saturated heterocycles. The van der Waals surface area contributed by atoms with Crippen LogP contribution in [0.1, 0.15) is 32.6 Å². The third-order valence-electron chi connectivity index (χ3n) is 5.16. The maximum absolute atomic E-state index is 13.0. The van der Waals surface area contributed by atoms with E-state index in [9.17, 15) is 13.2 Å². The lowest BCUT2D eigenvalue weighted by Gasteiger charge is -2.35. The first-order valence-electron chi connectivity index (χ1n) is 9.09.